The van der Waals surface area contributed by atoms with E-state index < -0.39 is 11.4 Å². The molecule has 0 spiro atoms. The molecule has 2 aromatic rings. The van der Waals surface area contributed by atoms with Crippen molar-refractivity contribution >= 4 is 5.97 Å². The lowest BCUT2D eigenvalue weighted by atomic mass is 9.75. The van der Waals surface area contributed by atoms with Crippen LogP contribution in [-0.2, 0) is 16.6 Å². The molecule has 0 amide bonds. The van der Waals surface area contributed by atoms with E-state index in [0.717, 1.165) is 5.56 Å². The standard InChI is InChI=1S/C17H19NO3/c1-21-15-9-5-6-13(10-15)11-17(12-18,16(19)20)14-7-3-2-4-8-14/h2-10H,11-12,18H2,1H3,(H,19,20). The topological polar surface area (TPSA) is 72.5 Å². The Morgan fingerprint density at radius 3 is 2.48 bits per heavy atom. The Labute approximate surface area is 124 Å². The third kappa shape index (κ3) is 3.06. The Hall–Kier alpha value is -2.33. The molecule has 3 N–H and O–H groups in total. The molecule has 0 bridgehead atoms. The normalized spacial score (nSPS) is 13.4. The second-order valence-electron chi connectivity index (χ2n) is 4.99. The molecule has 21 heavy (non-hydrogen) atoms. The Morgan fingerprint density at radius 2 is 1.90 bits per heavy atom. The minimum atomic E-state index is -1.13. The molecule has 0 saturated heterocycles. The molecule has 1 atom stereocenters. The average Bonchev–Trinajstić information content (AvgIpc) is 2.53. The Balaban J connectivity index is 2.43. The van der Waals surface area contributed by atoms with Crippen LogP contribution in [0.4, 0.5) is 0 Å². The number of carboxylic acids is 1. The van der Waals surface area contributed by atoms with Crippen molar-refractivity contribution in [3.05, 3.63) is 65.7 Å². The Kier molecular flexibility index (Phi) is 4.60. The van der Waals surface area contributed by atoms with E-state index in [-0.39, 0.29) is 6.54 Å². The zero-order chi connectivity index (χ0) is 15.3. The van der Waals surface area contributed by atoms with Crippen molar-refractivity contribution in [3.63, 3.8) is 0 Å². The maximum absolute atomic E-state index is 11.9. The van der Waals surface area contributed by atoms with Crippen LogP contribution in [0.1, 0.15) is 11.1 Å². The number of carboxylic acid groups (broad SMARTS) is 1. The van der Waals surface area contributed by atoms with Crippen LogP contribution in [0.3, 0.4) is 0 Å². The van der Waals surface area contributed by atoms with Gasteiger partial charge in [-0.1, -0.05) is 42.5 Å². The largest absolute Gasteiger partial charge is 0.497 e. The van der Waals surface area contributed by atoms with Gasteiger partial charge in [-0.3, -0.25) is 4.79 Å². The van der Waals surface area contributed by atoms with Crippen molar-refractivity contribution in [2.24, 2.45) is 5.73 Å². The Bertz CT molecular complexity index is 612. The first-order valence-corrected chi connectivity index (χ1v) is 6.74. The molecule has 0 fully saturated rings. The first-order chi connectivity index (χ1) is 10.1. The summed E-state index contributed by atoms with van der Waals surface area (Å²) in [6.45, 7) is 0.0313. The van der Waals surface area contributed by atoms with Crippen molar-refractivity contribution in [3.8, 4) is 5.75 Å². The molecule has 0 aliphatic rings. The first kappa shape index (κ1) is 15.1. The molecule has 0 aliphatic carbocycles. The van der Waals surface area contributed by atoms with Gasteiger partial charge in [0.05, 0.1) is 7.11 Å². The molecule has 0 saturated carbocycles. The zero-order valence-electron chi connectivity index (χ0n) is 12.0. The summed E-state index contributed by atoms with van der Waals surface area (Å²) in [5.41, 5.74) is 6.31. The van der Waals surface area contributed by atoms with Gasteiger partial charge in [0.15, 0.2) is 0 Å². The van der Waals surface area contributed by atoms with Crippen LogP contribution in [0, 0.1) is 0 Å². The highest BCUT2D eigenvalue weighted by atomic mass is 16.5. The lowest BCUT2D eigenvalue weighted by Crippen LogP contribution is -2.44. The van der Waals surface area contributed by atoms with Crippen molar-refractivity contribution in [2.45, 2.75) is 11.8 Å². The van der Waals surface area contributed by atoms with Gasteiger partial charge in [0, 0.05) is 6.54 Å². The minimum absolute atomic E-state index is 0.0313. The molecule has 0 heterocycles. The SMILES string of the molecule is COc1cccc(CC(CN)(C(=O)O)c2ccccc2)c1. The number of methoxy groups -OCH3 is 1. The summed E-state index contributed by atoms with van der Waals surface area (Å²) in [6, 6.07) is 16.5. The van der Waals surface area contributed by atoms with Crippen molar-refractivity contribution in [2.75, 3.05) is 13.7 Å². The van der Waals surface area contributed by atoms with Gasteiger partial charge in [0.2, 0.25) is 0 Å². The van der Waals surface area contributed by atoms with Crippen molar-refractivity contribution in [1.82, 2.24) is 0 Å². The third-order valence-corrected chi connectivity index (χ3v) is 3.72. The summed E-state index contributed by atoms with van der Waals surface area (Å²) in [7, 11) is 1.59. The molecule has 1 unspecified atom stereocenters. The van der Waals surface area contributed by atoms with Crippen LogP contribution in [0.25, 0.3) is 0 Å². The third-order valence-electron chi connectivity index (χ3n) is 3.72. The van der Waals surface area contributed by atoms with E-state index in [1.54, 1.807) is 19.2 Å². The van der Waals surface area contributed by atoms with Gasteiger partial charge in [-0.15, -0.1) is 0 Å². The molecule has 2 rings (SSSR count). The lowest BCUT2D eigenvalue weighted by Gasteiger charge is -2.28. The minimum Gasteiger partial charge on any atom is -0.497 e. The number of hydrogen-bond donors (Lipinski definition) is 2. The smallest absolute Gasteiger partial charge is 0.315 e. The van der Waals surface area contributed by atoms with E-state index in [4.69, 9.17) is 10.5 Å². The summed E-state index contributed by atoms with van der Waals surface area (Å²) in [5.74, 6) is -0.212. The van der Waals surface area contributed by atoms with E-state index in [1.807, 2.05) is 42.5 Å². The molecule has 110 valence electrons. The van der Waals surface area contributed by atoms with E-state index in [1.165, 1.54) is 0 Å². The Morgan fingerprint density at radius 1 is 1.19 bits per heavy atom. The number of hydrogen-bond acceptors (Lipinski definition) is 3. The van der Waals surface area contributed by atoms with Gasteiger partial charge in [-0.05, 0) is 29.7 Å². The monoisotopic (exact) mass is 285 g/mol. The maximum atomic E-state index is 11.9. The number of rotatable bonds is 6. The summed E-state index contributed by atoms with van der Waals surface area (Å²) >= 11 is 0. The molecule has 4 heteroatoms. The second kappa shape index (κ2) is 6.41. The molecule has 0 aromatic heterocycles. The highest BCUT2D eigenvalue weighted by molar-refractivity contribution is 5.82. The second-order valence-corrected chi connectivity index (χ2v) is 4.99. The molecular formula is C17H19NO3. The maximum Gasteiger partial charge on any atom is 0.315 e. The van der Waals surface area contributed by atoms with E-state index in [2.05, 4.69) is 0 Å². The predicted octanol–water partition coefficient (Wildman–Crippen LogP) is 2.22. The van der Waals surface area contributed by atoms with Gasteiger partial charge < -0.3 is 15.6 Å². The zero-order valence-corrected chi connectivity index (χ0v) is 12.0. The van der Waals surface area contributed by atoms with Crippen LogP contribution in [0.15, 0.2) is 54.6 Å². The highest BCUT2D eigenvalue weighted by Gasteiger charge is 2.39. The van der Waals surface area contributed by atoms with Gasteiger partial charge in [-0.2, -0.15) is 0 Å². The van der Waals surface area contributed by atoms with Gasteiger partial charge in [0.1, 0.15) is 11.2 Å². The first-order valence-electron chi connectivity index (χ1n) is 6.74. The molecule has 2 aromatic carbocycles. The van der Waals surface area contributed by atoms with Crippen LogP contribution < -0.4 is 10.5 Å². The van der Waals surface area contributed by atoms with Crippen molar-refractivity contribution in [1.29, 1.82) is 0 Å². The van der Waals surface area contributed by atoms with Gasteiger partial charge in [0.25, 0.3) is 0 Å². The fraction of sp³-hybridized carbons (Fsp3) is 0.235. The summed E-state index contributed by atoms with van der Waals surface area (Å²) in [4.78, 5) is 11.9. The number of benzene rings is 2. The molecule has 0 aliphatic heterocycles. The van der Waals surface area contributed by atoms with Crippen LogP contribution in [-0.4, -0.2) is 24.7 Å². The number of carbonyl (C=O) groups is 1. The van der Waals surface area contributed by atoms with Crippen LogP contribution in [0.2, 0.25) is 0 Å². The van der Waals surface area contributed by atoms with Crippen LogP contribution >= 0.6 is 0 Å². The number of nitrogens with two attached hydrogens (primary N) is 1. The number of aliphatic carboxylic acids is 1. The average molecular weight is 285 g/mol. The fourth-order valence-corrected chi connectivity index (χ4v) is 2.47. The van der Waals surface area contributed by atoms with Crippen LogP contribution in [0.5, 0.6) is 5.75 Å². The number of ether oxygens (including phenoxy) is 1. The summed E-state index contributed by atoms with van der Waals surface area (Å²) < 4.78 is 5.19. The lowest BCUT2D eigenvalue weighted by molar-refractivity contribution is -0.143. The van der Waals surface area contributed by atoms with E-state index in [0.29, 0.717) is 17.7 Å². The van der Waals surface area contributed by atoms with Gasteiger partial charge in [-0.25, -0.2) is 0 Å². The van der Waals surface area contributed by atoms with Crippen molar-refractivity contribution < 1.29 is 14.6 Å². The molecule has 0 radical (unpaired) electrons. The predicted molar refractivity (Wildman–Crippen MR) is 81.5 cm³/mol. The molecule has 4 nitrogen and oxygen atoms in total. The quantitative estimate of drug-likeness (QED) is 0.853. The van der Waals surface area contributed by atoms with E-state index >= 15 is 0 Å². The highest BCUT2D eigenvalue weighted by Crippen LogP contribution is 2.29. The van der Waals surface area contributed by atoms with E-state index in [9.17, 15) is 9.90 Å². The fourth-order valence-electron chi connectivity index (χ4n) is 2.47. The molecular weight excluding hydrogens is 266 g/mol. The summed E-state index contributed by atoms with van der Waals surface area (Å²) in [6.07, 6.45) is 0.319. The van der Waals surface area contributed by atoms with Gasteiger partial charge >= 0.3 is 5.97 Å². The summed E-state index contributed by atoms with van der Waals surface area (Å²) in [5, 5.41) is 9.75.